The molecule has 1 aromatic heterocycles. The van der Waals surface area contributed by atoms with Crippen molar-refractivity contribution in [3.63, 3.8) is 0 Å². The van der Waals surface area contributed by atoms with Gasteiger partial charge in [0.05, 0.1) is 29.2 Å². The second-order valence-electron chi connectivity index (χ2n) is 6.98. The molecule has 0 radical (unpaired) electrons. The van der Waals surface area contributed by atoms with Gasteiger partial charge in [-0.3, -0.25) is 19.4 Å². The van der Waals surface area contributed by atoms with Crippen molar-refractivity contribution in [1.29, 1.82) is 0 Å². The standard InChI is InChI=1S/C21H24N4O3/c1-13(16-6-4-7-18(10-16)25-9-5-8-20(25)27)23-21(28)19-11-17(24-15(3)26)12-22-14(19)2/h4,6-7,10-13H,5,8-9H2,1-3H3,(H,23,28)(H,24,26). The second kappa shape index (κ2) is 8.21. The number of nitrogens with one attached hydrogen (secondary N) is 2. The molecule has 7 nitrogen and oxygen atoms in total. The summed E-state index contributed by atoms with van der Waals surface area (Å²) in [6.45, 7) is 5.77. The lowest BCUT2D eigenvalue weighted by Crippen LogP contribution is -2.28. The van der Waals surface area contributed by atoms with Gasteiger partial charge in [-0.2, -0.15) is 0 Å². The van der Waals surface area contributed by atoms with Gasteiger partial charge in [0.1, 0.15) is 0 Å². The molecule has 146 valence electrons. The molecular formula is C21H24N4O3. The van der Waals surface area contributed by atoms with Crippen LogP contribution in [-0.2, 0) is 9.59 Å². The van der Waals surface area contributed by atoms with E-state index >= 15 is 0 Å². The van der Waals surface area contributed by atoms with Gasteiger partial charge in [0, 0.05) is 25.6 Å². The van der Waals surface area contributed by atoms with Crippen LogP contribution < -0.4 is 15.5 Å². The van der Waals surface area contributed by atoms with Crippen molar-refractivity contribution in [3.05, 3.63) is 53.3 Å². The van der Waals surface area contributed by atoms with E-state index in [-0.39, 0.29) is 23.8 Å². The number of aromatic nitrogens is 1. The summed E-state index contributed by atoms with van der Waals surface area (Å²) in [4.78, 5) is 41.9. The third-order valence-corrected chi connectivity index (χ3v) is 4.75. The SMILES string of the molecule is CC(=O)Nc1cnc(C)c(C(=O)NC(C)c2cccc(N3CCCC3=O)c2)c1. The number of rotatable bonds is 5. The Morgan fingerprint density at radius 2 is 2.04 bits per heavy atom. The van der Waals surface area contributed by atoms with E-state index in [1.165, 1.54) is 13.1 Å². The maximum Gasteiger partial charge on any atom is 0.253 e. The number of hydrogen-bond acceptors (Lipinski definition) is 4. The highest BCUT2D eigenvalue weighted by molar-refractivity contribution is 5.98. The molecule has 7 heteroatoms. The first-order chi connectivity index (χ1) is 13.3. The first-order valence-electron chi connectivity index (χ1n) is 9.30. The third kappa shape index (κ3) is 4.36. The van der Waals surface area contributed by atoms with Crippen LogP contribution in [-0.4, -0.2) is 29.3 Å². The molecule has 2 heterocycles. The molecular weight excluding hydrogens is 356 g/mol. The van der Waals surface area contributed by atoms with Crippen molar-refractivity contribution in [3.8, 4) is 0 Å². The Hall–Kier alpha value is -3.22. The highest BCUT2D eigenvalue weighted by atomic mass is 16.2. The van der Waals surface area contributed by atoms with Crippen molar-refractivity contribution < 1.29 is 14.4 Å². The van der Waals surface area contributed by atoms with E-state index in [4.69, 9.17) is 0 Å². The molecule has 0 aliphatic carbocycles. The Morgan fingerprint density at radius 1 is 1.25 bits per heavy atom. The van der Waals surface area contributed by atoms with Gasteiger partial charge in [-0.25, -0.2) is 0 Å². The number of anilines is 2. The number of aryl methyl sites for hydroxylation is 1. The van der Waals surface area contributed by atoms with Crippen LogP contribution in [0.1, 0.15) is 54.3 Å². The average molecular weight is 380 g/mol. The molecule has 1 unspecified atom stereocenters. The smallest absolute Gasteiger partial charge is 0.253 e. The van der Waals surface area contributed by atoms with Crippen LogP contribution in [0.2, 0.25) is 0 Å². The molecule has 2 aromatic rings. The number of benzene rings is 1. The monoisotopic (exact) mass is 380 g/mol. The van der Waals surface area contributed by atoms with E-state index in [0.717, 1.165) is 24.2 Å². The lowest BCUT2D eigenvalue weighted by molar-refractivity contribution is -0.117. The third-order valence-electron chi connectivity index (χ3n) is 4.75. The van der Waals surface area contributed by atoms with Gasteiger partial charge in [0.25, 0.3) is 5.91 Å². The number of carbonyl (C=O) groups is 3. The van der Waals surface area contributed by atoms with Crippen LogP contribution in [0.5, 0.6) is 0 Å². The zero-order chi connectivity index (χ0) is 20.3. The molecule has 0 bridgehead atoms. The highest BCUT2D eigenvalue weighted by Gasteiger charge is 2.22. The van der Waals surface area contributed by atoms with Gasteiger partial charge in [-0.1, -0.05) is 12.1 Å². The largest absolute Gasteiger partial charge is 0.345 e. The maximum atomic E-state index is 12.8. The zero-order valence-electron chi connectivity index (χ0n) is 16.3. The molecule has 1 saturated heterocycles. The number of carbonyl (C=O) groups excluding carboxylic acids is 3. The first-order valence-corrected chi connectivity index (χ1v) is 9.30. The average Bonchev–Trinajstić information content (AvgIpc) is 3.09. The van der Waals surface area contributed by atoms with E-state index in [0.29, 0.717) is 23.4 Å². The molecule has 0 saturated carbocycles. The molecule has 28 heavy (non-hydrogen) atoms. The molecule has 0 spiro atoms. The van der Waals surface area contributed by atoms with Gasteiger partial charge in [-0.05, 0) is 44.0 Å². The number of nitrogens with zero attached hydrogens (tertiary/aromatic N) is 2. The van der Waals surface area contributed by atoms with Gasteiger partial charge >= 0.3 is 0 Å². The Balaban J connectivity index is 1.76. The van der Waals surface area contributed by atoms with Crippen LogP contribution in [0.25, 0.3) is 0 Å². The van der Waals surface area contributed by atoms with E-state index in [1.54, 1.807) is 17.9 Å². The normalized spacial score (nSPS) is 14.7. The van der Waals surface area contributed by atoms with Gasteiger partial charge in [0.2, 0.25) is 11.8 Å². The van der Waals surface area contributed by atoms with E-state index < -0.39 is 0 Å². The molecule has 2 N–H and O–H groups in total. The molecule has 1 fully saturated rings. The summed E-state index contributed by atoms with van der Waals surface area (Å²) in [5.74, 6) is -0.365. The predicted octanol–water partition coefficient (Wildman–Crippen LogP) is 2.97. The van der Waals surface area contributed by atoms with Crippen molar-refractivity contribution in [2.45, 2.75) is 39.7 Å². The number of pyridine rings is 1. The molecule has 1 aliphatic heterocycles. The molecule has 3 amide bonds. The van der Waals surface area contributed by atoms with E-state index in [2.05, 4.69) is 15.6 Å². The predicted molar refractivity (Wildman–Crippen MR) is 107 cm³/mol. The summed E-state index contributed by atoms with van der Waals surface area (Å²) in [6.07, 6.45) is 2.97. The molecule has 1 aliphatic rings. The minimum absolute atomic E-state index is 0.130. The van der Waals surface area contributed by atoms with Crippen molar-refractivity contribution >= 4 is 29.1 Å². The summed E-state index contributed by atoms with van der Waals surface area (Å²) in [5.41, 5.74) is 3.23. The lowest BCUT2D eigenvalue weighted by Gasteiger charge is -2.20. The summed E-state index contributed by atoms with van der Waals surface area (Å²) < 4.78 is 0. The van der Waals surface area contributed by atoms with Crippen molar-refractivity contribution in [1.82, 2.24) is 10.3 Å². The Kier molecular flexibility index (Phi) is 5.73. The lowest BCUT2D eigenvalue weighted by atomic mass is 10.1. The van der Waals surface area contributed by atoms with Crippen LogP contribution in [0.15, 0.2) is 36.5 Å². The van der Waals surface area contributed by atoms with Gasteiger partial charge in [-0.15, -0.1) is 0 Å². The van der Waals surface area contributed by atoms with Gasteiger partial charge < -0.3 is 15.5 Å². The Bertz CT molecular complexity index is 926. The second-order valence-corrected chi connectivity index (χ2v) is 6.98. The number of amides is 3. The summed E-state index contributed by atoms with van der Waals surface area (Å²) >= 11 is 0. The van der Waals surface area contributed by atoms with Crippen LogP contribution in [0, 0.1) is 6.92 Å². The minimum Gasteiger partial charge on any atom is -0.345 e. The number of hydrogen-bond donors (Lipinski definition) is 2. The Labute approximate surface area is 164 Å². The highest BCUT2D eigenvalue weighted by Crippen LogP contribution is 2.25. The van der Waals surface area contributed by atoms with Crippen molar-refractivity contribution in [2.75, 3.05) is 16.8 Å². The van der Waals surface area contributed by atoms with E-state index in [1.807, 2.05) is 31.2 Å². The first kappa shape index (κ1) is 19.5. The zero-order valence-corrected chi connectivity index (χ0v) is 16.3. The fourth-order valence-corrected chi connectivity index (χ4v) is 3.28. The molecule has 3 rings (SSSR count). The quantitative estimate of drug-likeness (QED) is 0.834. The van der Waals surface area contributed by atoms with E-state index in [9.17, 15) is 14.4 Å². The van der Waals surface area contributed by atoms with Crippen LogP contribution in [0.4, 0.5) is 11.4 Å². The van der Waals surface area contributed by atoms with Crippen LogP contribution >= 0.6 is 0 Å². The van der Waals surface area contributed by atoms with Gasteiger partial charge in [0.15, 0.2) is 0 Å². The summed E-state index contributed by atoms with van der Waals surface area (Å²) in [6, 6.07) is 9.02. The summed E-state index contributed by atoms with van der Waals surface area (Å²) in [7, 11) is 0. The molecule has 1 aromatic carbocycles. The van der Waals surface area contributed by atoms with Crippen LogP contribution in [0.3, 0.4) is 0 Å². The fraction of sp³-hybridized carbons (Fsp3) is 0.333. The topological polar surface area (TPSA) is 91.4 Å². The molecule has 1 atom stereocenters. The summed E-state index contributed by atoms with van der Waals surface area (Å²) in [5, 5.41) is 5.60. The Morgan fingerprint density at radius 3 is 2.71 bits per heavy atom. The fourth-order valence-electron chi connectivity index (χ4n) is 3.28. The minimum atomic E-state index is -0.271. The van der Waals surface area contributed by atoms with Crippen molar-refractivity contribution in [2.24, 2.45) is 0 Å². The maximum absolute atomic E-state index is 12.8.